The van der Waals surface area contributed by atoms with Crippen LogP contribution in [0.2, 0.25) is 0 Å². The van der Waals surface area contributed by atoms with E-state index in [-0.39, 0.29) is 0 Å². The first kappa shape index (κ1) is 24.9. The third-order valence-electron chi connectivity index (χ3n) is 5.18. The Morgan fingerprint density at radius 3 is 1.40 bits per heavy atom. The highest BCUT2D eigenvalue weighted by molar-refractivity contribution is 4.56. The van der Waals surface area contributed by atoms with E-state index in [2.05, 4.69) is 25.7 Å². The third kappa shape index (κ3) is 20.1. The molecule has 0 radical (unpaired) electrons. The molecule has 0 N–H and O–H groups in total. The molecule has 0 bridgehead atoms. The van der Waals surface area contributed by atoms with Crippen molar-refractivity contribution in [1.82, 2.24) is 4.90 Å². The Balaban J connectivity index is 3.22. The minimum Gasteiger partial charge on any atom is -0.381 e. The van der Waals surface area contributed by atoms with E-state index in [4.69, 9.17) is 4.74 Å². The fraction of sp³-hybridized carbons (Fsp3) is 1.00. The molecule has 0 aliphatic heterocycles. The van der Waals surface area contributed by atoms with Crippen molar-refractivity contribution in [2.45, 2.75) is 117 Å². The van der Waals surface area contributed by atoms with Crippen LogP contribution in [0.3, 0.4) is 0 Å². The third-order valence-corrected chi connectivity index (χ3v) is 5.18. The monoisotopic (exact) mass is 355 g/mol. The highest BCUT2D eigenvalue weighted by Crippen LogP contribution is 2.08. The average molecular weight is 356 g/mol. The van der Waals surface area contributed by atoms with Gasteiger partial charge < -0.3 is 9.64 Å². The van der Waals surface area contributed by atoms with E-state index in [0.717, 1.165) is 13.2 Å². The molecule has 0 spiro atoms. The van der Waals surface area contributed by atoms with Crippen LogP contribution in [0, 0.1) is 0 Å². The summed E-state index contributed by atoms with van der Waals surface area (Å²) in [5.74, 6) is 0. The summed E-state index contributed by atoms with van der Waals surface area (Å²) in [4.78, 5) is 2.62. The molecule has 0 saturated carbocycles. The van der Waals surface area contributed by atoms with Gasteiger partial charge in [0.15, 0.2) is 0 Å². The van der Waals surface area contributed by atoms with Crippen molar-refractivity contribution in [3.63, 3.8) is 0 Å². The van der Waals surface area contributed by atoms with Crippen molar-refractivity contribution in [3.05, 3.63) is 0 Å². The molecular formula is C23H49NO. The summed E-state index contributed by atoms with van der Waals surface area (Å²) in [5.41, 5.74) is 0. The first-order valence-corrected chi connectivity index (χ1v) is 11.6. The zero-order valence-corrected chi connectivity index (χ0v) is 18.0. The Bertz CT molecular complexity index is 232. The lowest BCUT2D eigenvalue weighted by Crippen LogP contribution is -2.26. The molecule has 2 nitrogen and oxygen atoms in total. The molecular weight excluding hydrogens is 306 g/mol. The molecule has 0 atom stereocenters. The Hall–Kier alpha value is -0.0800. The largest absolute Gasteiger partial charge is 0.381 e. The molecule has 0 aromatic rings. The van der Waals surface area contributed by atoms with Crippen molar-refractivity contribution < 1.29 is 4.74 Å². The molecule has 0 rings (SSSR count). The Morgan fingerprint density at radius 1 is 0.480 bits per heavy atom. The molecule has 0 aliphatic carbocycles. The van der Waals surface area contributed by atoms with Crippen molar-refractivity contribution in [3.8, 4) is 0 Å². The first-order chi connectivity index (χ1) is 12.3. The number of hydrogen-bond acceptors (Lipinski definition) is 2. The van der Waals surface area contributed by atoms with E-state index in [1.165, 1.54) is 116 Å². The average Bonchev–Trinajstić information content (AvgIpc) is 2.63. The normalized spacial score (nSPS) is 11.5. The van der Waals surface area contributed by atoms with E-state index in [1.807, 2.05) is 0 Å². The van der Waals surface area contributed by atoms with E-state index in [9.17, 15) is 0 Å². The number of rotatable bonds is 21. The van der Waals surface area contributed by atoms with Crippen molar-refractivity contribution in [1.29, 1.82) is 0 Å². The zero-order chi connectivity index (χ0) is 18.4. The summed E-state index contributed by atoms with van der Waals surface area (Å²) in [7, 11) is 0. The van der Waals surface area contributed by atoms with Gasteiger partial charge in [0.05, 0.1) is 0 Å². The van der Waals surface area contributed by atoms with Crippen molar-refractivity contribution in [2.75, 3.05) is 32.8 Å². The topological polar surface area (TPSA) is 12.5 Å². The summed E-state index contributed by atoms with van der Waals surface area (Å²) < 4.78 is 5.80. The van der Waals surface area contributed by atoms with Crippen LogP contribution in [0.25, 0.3) is 0 Å². The summed E-state index contributed by atoms with van der Waals surface area (Å²) in [5, 5.41) is 0. The lowest BCUT2D eigenvalue weighted by atomic mass is 10.1. The number of unbranched alkanes of at least 4 members (excludes halogenated alkanes) is 12. The van der Waals surface area contributed by atoms with Gasteiger partial charge in [-0.3, -0.25) is 0 Å². The first-order valence-electron chi connectivity index (χ1n) is 11.6. The maximum absolute atomic E-state index is 5.80. The van der Waals surface area contributed by atoms with Crippen LogP contribution in [0.1, 0.15) is 117 Å². The van der Waals surface area contributed by atoms with Crippen molar-refractivity contribution >= 4 is 0 Å². The standard InChI is InChI=1S/C23H49NO/c1-4-7-9-11-12-13-15-18-22-25-23-19-17-21-24(6-3)20-16-14-10-8-5-2/h4-23H2,1-3H3. The molecule has 0 fully saturated rings. The van der Waals surface area contributed by atoms with E-state index >= 15 is 0 Å². The maximum atomic E-state index is 5.80. The van der Waals surface area contributed by atoms with Crippen LogP contribution in [-0.2, 0) is 4.74 Å². The number of ether oxygens (including phenoxy) is 1. The van der Waals surface area contributed by atoms with Gasteiger partial charge in [-0.05, 0) is 45.3 Å². The maximum Gasteiger partial charge on any atom is 0.0466 e. The van der Waals surface area contributed by atoms with Crippen LogP contribution >= 0.6 is 0 Å². The van der Waals surface area contributed by atoms with Crippen LogP contribution in [0.15, 0.2) is 0 Å². The van der Waals surface area contributed by atoms with Crippen molar-refractivity contribution in [2.24, 2.45) is 0 Å². The Morgan fingerprint density at radius 2 is 0.880 bits per heavy atom. The second-order valence-corrected chi connectivity index (χ2v) is 7.64. The fourth-order valence-electron chi connectivity index (χ4n) is 3.35. The fourth-order valence-corrected chi connectivity index (χ4v) is 3.35. The van der Waals surface area contributed by atoms with Crippen LogP contribution < -0.4 is 0 Å². The predicted molar refractivity (Wildman–Crippen MR) is 114 cm³/mol. The molecule has 0 unspecified atom stereocenters. The minimum absolute atomic E-state index is 0.963. The summed E-state index contributed by atoms with van der Waals surface area (Å²) in [6.45, 7) is 12.6. The molecule has 152 valence electrons. The predicted octanol–water partition coefficient (Wildman–Crippen LogP) is 7.22. The molecule has 2 heteroatoms. The lowest BCUT2D eigenvalue weighted by Gasteiger charge is -2.20. The zero-order valence-electron chi connectivity index (χ0n) is 18.0. The highest BCUT2D eigenvalue weighted by Gasteiger charge is 2.01. The van der Waals surface area contributed by atoms with Crippen LogP contribution in [0.5, 0.6) is 0 Å². The molecule has 0 aromatic heterocycles. The molecule has 0 heterocycles. The highest BCUT2D eigenvalue weighted by atomic mass is 16.5. The Kier molecular flexibility index (Phi) is 21.9. The smallest absolute Gasteiger partial charge is 0.0466 e. The molecule has 0 aliphatic rings. The number of hydrogen-bond donors (Lipinski definition) is 0. The summed E-state index contributed by atoms with van der Waals surface area (Å²) in [6.07, 6.45) is 20.5. The van der Waals surface area contributed by atoms with Crippen LogP contribution in [0.4, 0.5) is 0 Å². The van der Waals surface area contributed by atoms with Gasteiger partial charge in [0.1, 0.15) is 0 Å². The van der Waals surface area contributed by atoms with E-state index in [0.29, 0.717) is 0 Å². The van der Waals surface area contributed by atoms with Gasteiger partial charge in [-0.2, -0.15) is 0 Å². The number of nitrogens with zero attached hydrogens (tertiary/aromatic N) is 1. The van der Waals surface area contributed by atoms with Gasteiger partial charge >= 0.3 is 0 Å². The Labute approximate surface area is 160 Å². The quantitative estimate of drug-likeness (QED) is 0.202. The van der Waals surface area contributed by atoms with Gasteiger partial charge in [0, 0.05) is 13.2 Å². The SMILES string of the molecule is CCCCCCCCCCOCCCCN(CC)CCCCCCC. The van der Waals surface area contributed by atoms with E-state index < -0.39 is 0 Å². The van der Waals surface area contributed by atoms with Gasteiger partial charge in [-0.1, -0.05) is 91.4 Å². The second-order valence-electron chi connectivity index (χ2n) is 7.64. The molecule has 0 amide bonds. The van der Waals surface area contributed by atoms with Gasteiger partial charge in [-0.25, -0.2) is 0 Å². The minimum atomic E-state index is 0.963. The lowest BCUT2D eigenvalue weighted by molar-refractivity contribution is 0.123. The van der Waals surface area contributed by atoms with Crippen LogP contribution in [-0.4, -0.2) is 37.7 Å². The van der Waals surface area contributed by atoms with E-state index in [1.54, 1.807) is 0 Å². The van der Waals surface area contributed by atoms with Gasteiger partial charge in [0.2, 0.25) is 0 Å². The molecule has 0 aromatic carbocycles. The molecule has 25 heavy (non-hydrogen) atoms. The second kappa shape index (κ2) is 22.0. The summed E-state index contributed by atoms with van der Waals surface area (Å²) >= 11 is 0. The molecule has 0 saturated heterocycles. The van der Waals surface area contributed by atoms with Gasteiger partial charge in [-0.15, -0.1) is 0 Å². The van der Waals surface area contributed by atoms with Gasteiger partial charge in [0.25, 0.3) is 0 Å². The summed E-state index contributed by atoms with van der Waals surface area (Å²) in [6, 6.07) is 0.